The summed E-state index contributed by atoms with van der Waals surface area (Å²) in [6.45, 7) is 6.37. The molecule has 0 bridgehead atoms. The molecule has 0 heterocycles. The summed E-state index contributed by atoms with van der Waals surface area (Å²) >= 11 is 0. The van der Waals surface area contributed by atoms with Crippen molar-refractivity contribution in [1.29, 1.82) is 0 Å². The molecule has 0 amide bonds. The predicted molar refractivity (Wildman–Crippen MR) is 122 cm³/mol. The number of rotatable bonds is 10. The highest BCUT2D eigenvalue weighted by atomic mass is 32.2. The number of carbonyl (C=O) groups excluding carboxylic acids is 1. The van der Waals surface area contributed by atoms with Crippen LogP contribution in [-0.4, -0.2) is 37.2 Å². The molecule has 1 atom stereocenters. The van der Waals surface area contributed by atoms with Crippen LogP contribution in [0.1, 0.15) is 50.4 Å². The second-order valence-electron chi connectivity index (χ2n) is 7.17. The number of nitrogens with two attached hydrogens (primary N) is 2. The van der Waals surface area contributed by atoms with E-state index >= 15 is 0 Å². The Morgan fingerprint density at radius 3 is 2.19 bits per heavy atom. The lowest BCUT2D eigenvalue weighted by atomic mass is 10.2. The van der Waals surface area contributed by atoms with Crippen molar-refractivity contribution in [2.45, 2.75) is 51.0 Å². The van der Waals surface area contributed by atoms with Crippen LogP contribution in [0.4, 0.5) is 5.69 Å². The maximum Gasteiger partial charge on any atom is 0.343 e. The lowest BCUT2D eigenvalue weighted by Gasteiger charge is -2.27. The fourth-order valence-corrected chi connectivity index (χ4v) is 4.64. The van der Waals surface area contributed by atoms with Gasteiger partial charge in [-0.2, -0.15) is 4.31 Å². The van der Waals surface area contributed by atoms with Gasteiger partial charge in [0.25, 0.3) is 0 Å². The smallest absolute Gasteiger partial charge is 0.343 e. The SMILES string of the molecule is CCCCN(C(C)CC)S(=O)(=O)c1ccc(OC(=O)c2ccc(N=C(N)N)cc2)cc1. The third kappa shape index (κ3) is 6.53. The van der Waals surface area contributed by atoms with Gasteiger partial charge in [-0.05, 0) is 68.3 Å². The molecule has 0 aromatic heterocycles. The molecular formula is C22H30N4O4S. The Morgan fingerprint density at radius 1 is 1.06 bits per heavy atom. The molecule has 8 nitrogen and oxygen atoms in total. The molecule has 0 aliphatic rings. The van der Waals surface area contributed by atoms with Crippen LogP contribution in [0.2, 0.25) is 0 Å². The molecule has 0 fully saturated rings. The van der Waals surface area contributed by atoms with Gasteiger partial charge in [0.15, 0.2) is 5.96 Å². The van der Waals surface area contributed by atoms with E-state index in [2.05, 4.69) is 4.99 Å². The number of nitrogens with zero attached hydrogens (tertiary/aromatic N) is 2. The lowest BCUT2D eigenvalue weighted by Crippen LogP contribution is -2.39. The van der Waals surface area contributed by atoms with Gasteiger partial charge >= 0.3 is 5.97 Å². The van der Waals surface area contributed by atoms with Crippen molar-refractivity contribution in [3.8, 4) is 5.75 Å². The van der Waals surface area contributed by atoms with E-state index in [-0.39, 0.29) is 22.6 Å². The molecule has 4 N–H and O–H groups in total. The van der Waals surface area contributed by atoms with Gasteiger partial charge in [-0.1, -0.05) is 20.3 Å². The number of carbonyl (C=O) groups is 1. The van der Waals surface area contributed by atoms with Crippen molar-refractivity contribution < 1.29 is 17.9 Å². The molecule has 0 aliphatic carbocycles. The average molecular weight is 447 g/mol. The van der Waals surface area contributed by atoms with Crippen LogP contribution in [0, 0.1) is 0 Å². The normalized spacial score (nSPS) is 12.4. The highest BCUT2D eigenvalue weighted by molar-refractivity contribution is 7.89. The zero-order valence-corrected chi connectivity index (χ0v) is 18.9. The Balaban J connectivity index is 2.15. The number of guanidine groups is 1. The van der Waals surface area contributed by atoms with E-state index in [0.717, 1.165) is 19.3 Å². The number of hydrogen-bond donors (Lipinski definition) is 2. The van der Waals surface area contributed by atoms with E-state index in [4.69, 9.17) is 16.2 Å². The lowest BCUT2D eigenvalue weighted by molar-refractivity contribution is 0.0734. The van der Waals surface area contributed by atoms with E-state index in [9.17, 15) is 13.2 Å². The predicted octanol–water partition coefficient (Wildman–Crippen LogP) is 3.40. The van der Waals surface area contributed by atoms with Gasteiger partial charge < -0.3 is 16.2 Å². The number of ether oxygens (including phenoxy) is 1. The molecule has 0 aliphatic heterocycles. The first-order chi connectivity index (χ1) is 14.7. The number of esters is 1. The molecule has 2 rings (SSSR count). The molecule has 2 aromatic carbocycles. The Labute approximate surface area is 184 Å². The summed E-state index contributed by atoms with van der Waals surface area (Å²) in [5.74, 6) is -0.399. The first kappa shape index (κ1) is 24.4. The van der Waals surface area contributed by atoms with Crippen LogP contribution in [0.15, 0.2) is 58.4 Å². The maximum atomic E-state index is 13.1. The van der Waals surface area contributed by atoms with Crippen molar-refractivity contribution in [2.24, 2.45) is 16.5 Å². The number of hydrogen-bond acceptors (Lipinski definition) is 5. The van der Waals surface area contributed by atoms with Crippen molar-refractivity contribution in [1.82, 2.24) is 4.31 Å². The summed E-state index contributed by atoms with van der Waals surface area (Å²) in [7, 11) is -3.64. The molecule has 168 valence electrons. The molecule has 0 saturated heterocycles. The molecule has 0 spiro atoms. The van der Waals surface area contributed by atoms with Gasteiger partial charge in [0.05, 0.1) is 16.1 Å². The number of sulfonamides is 1. The third-order valence-electron chi connectivity index (χ3n) is 4.82. The van der Waals surface area contributed by atoms with Gasteiger partial charge in [0.2, 0.25) is 10.0 Å². The van der Waals surface area contributed by atoms with Crippen LogP contribution in [0.3, 0.4) is 0 Å². The molecule has 9 heteroatoms. The highest BCUT2D eigenvalue weighted by Gasteiger charge is 2.27. The molecule has 0 saturated carbocycles. The first-order valence-electron chi connectivity index (χ1n) is 10.2. The number of benzene rings is 2. The van der Waals surface area contributed by atoms with Crippen LogP contribution < -0.4 is 16.2 Å². The Morgan fingerprint density at radius 2 is 1.68 bits per heavy atom. The van der Waals surface area contributed by atoms with E-state index in [0.29, 0.717) is 17.8 Å². The zero-order valence-electron chi connectivity index (χ0n) is 18.1. The molecule has 0 radical (unpaired) electrons. The summed E-state index contributed by atoms with van der Waals surface area (Å²) in [5, 5.41) is 0. The Bertz CT molecular complexity index is 999. The van der Waals surface area contributed by atoms with E-state index < -0.39 is 16.0 Å². The van der Waals surface area contributed by atoms with Crippen molar-refractivity contribution >= 4 is 27.6 Å². The van der Waals surface area contributed by atoms with Gasteiger partial charge in [0.1, 0.15) is 5.75 Å². The monoisotopic (exact) mass is 446 g/mol. The van der Waals surface area contributed by atoms with Crippen molar-refractivity contribution in [2.75, 3.05) is 6.54 Å². The molecule has 2 aromatic rings. The molecular weight excluding hydrogens is 416 g/mol. The topological polar surface area (TPSA) is 128 Å². The quantitative estimate of drug-likeness (QED) is 0.249. The highest BCUT2D eigenvalue weighted by Crippen LogP contribution is 2.23. The third-order valence-corrected chi connectivity index (χ3v) is 6.84. The number of aliphatic imine (C=N–C) groups is 1. The second kappa shape index (κ2) is 10.9. The Kier molecular flexibility index (Phi) is 8.58. The van der Waals surface area contributed by atoms with Crippen molar-refractivity contribution in [3.05, 3.63) is 54.1 Å². The van der Waals surface area contributed by atoms with Crippen LogP contribution >= 0.6 is 0 Å². The largest absolute Gasteiger partial charge is 0.423 e. The maximum absolute atomic E-state index is 13.1. The van der Waals surface area contributed by atoms with Crippen LogP contribution in [0.25, 0.3) is 0 Å². The molecule has 1 unspecified atom stereocenters. The summed E-state index contributed by atoms with van der Waals surface area (Å²) in [6, 6.07) is 12.0. The zero-order chi connectivity index (χ0) is 23.0. The minimum absolute atomic E-state index is 0.0769. The van der Waals surface area contributed by atoms with Crippen LogP contribution in [0.5, 0.6) is 5.75 Å². The summed E-state index contributed by atoms with van der Waals surface area (Å²) in [5.41, 5.74) is 11.5. The minimum Gasteiger partial charge on any atom is -0.423 e. The van der Waals surface area contributed by atoms with Gasteiger partial charge in [-0.15, -0.1) is 0 Å². The van der Waals surface area contributed by atoms with E-state index in [1.165, 1.54) is 28.6 Å². The van der Waals surface area contributed by atoms with Crippen LogP contribution in [-0.2, 0) is 10.0 Å². The van der Waals surface area contributed by atoms with Gasteiger partial charge in [-0.3, -0.25) is 0 Å². The minimum atomic E-state index is -3.64. The van der Waals surface area contributed by atoms with E-state index in [1.807, 2.05) is 20.8 Å². The Hall–Kier alpha value is -2.91. The fraction of sp³-hybridized carbons (Fsp3) is 0.364. The van der Waals surface area contributed by atoms with Gasteiger partial charge in [-0.25, -0.2) is 18.2 Å². The molecule has 31 heavy (non-hydrogen) atoms. The summed E-state index contributed by atoms with van der Waals surface area (Å²) < 4.78 is 33.1. The number of unbranched alkanes of at least 4 members (excludes halogenated alkanes) is 1. The average Bonchev–Trinajstić information content (AvgIpc) is 2.74. The summed E-state index contributed by atoms with van der Waals surface area (Å²) in [6.07, 6.45) is 2.42. The second-order valence-corrected chi connectivity index (χ2v) is 9.06. The van der Waals surface area contributed by atoms with Crippen molar-refractivity contribution in [3.63, 3.8) is 0 Å². The summed E-state index contributed by atoms with van der Waals surface area (Å²) in [4.78, 5) is 16.4. The first-order valence-corrected chi connectivity index (χ1v) is 11.7. The van der Waals surface area contributed by atoms with Gasteiger partial charge in [0, 0.05) is 12.6 Å². The van der Waals surface area contributed by atoms with E-state index in [1.54, 1.807) is 24.3 Å². The fourth-order valence-electron chi connectivity index (χ4n) is 2.90. The standard InChI is InChI=1S/C22H30N4O4S/c1-4-6-15-26(16(3)5-2)31(28,29)20-13-11-19(12-14-20)30-21(27)17-7-9-18(10-8-17)25-22(23)24/h7-14,16H,4-6,15H2,1-3H3,(H4,23,24,25).